The molecule has 192 valence electrons. The van der Waals surface area contributed by atoms with Gasteiger partial charge in [-0.05, 0) is 74.7 Å². The number of hydrogen-bond donors (Lipinski definition) is 4. The Kier molecular flexibility index (Phi) is 5.42. The minimum Gasteiger partial charge on any atom is -0.393 e. The first-order chi connectivity index (χ1) is 17.1. The molecule has 4 N–H and O–H groups in total. The van der Waals surface area contributed by atoms with Crippen molar-refractivity contribution in [3.8, 4) is 0 Å². The number of nitrogens with one attached hydrogen (secondary N) is 1. The van der Waals surface area contributed by atoms with Gasteiger partial charge in [-0.15, -0.1) is 4.68 Å². The Balaban J connectivity index is 1.30. The van der Waals surface area contributed by atoms with Gasteiger partial charge in [0.25, 0.3) is 0 Å². The van der Waals surface area contributed by atoms with Crippen LogP contribution in [-0.4, -0.2) is 44.5 Å². The summed E-state index contributed by atoms with van der Waals surface area (Å²) < 4.78 is 2.16. The lowest BCUT2D eigenvalue weighted by Crippen LogP contribution is -2.62. The van der Waals surface area contributed by atoms with Crippen LogP contribution in [0.4, 0.5) is 0 Å². The summed E-state index contributed by atoms with van der Waals surface area (Å²) >= 11 is 0. The number of aromatic amines is 1. The van der Waals surface area contributed by atoms with E-state index in [4.69, 9.17) is 0 Å². The molecule has 0 saturated heterocycles. The molecule has 6 heteroatoms. The molecule has 3 fully saturated rings. The standard InChI is InChI=1S/C30H38N2O4/c1-18-4-6-19(7-5-18)15-32-16-20-13-28(2)21(12-24(20)31-32)8-9-22-23-10-11-30(36,26(35)17-33)29(23,3)14-25(34)27(22)28/h4-7,12,16,22-23,25,27,33-34,36H,8-11,13-15,17H2,1-3H3/p+1/t22-,23-,25-,27+,28-,29-,30-/m0/s1. The molecular formula is C30H39N2O4+. The van der Waals surface area contributed by atoms with Crippen molar-refractivity contribution < 1.29 is 24.8 Å². The van der Waals surface area contributed by atoms with Crippen LogP contribution in [-0.2, 0) is 17.8 Å². The number of H-pyrrole nitrogens is 1. The number of aliphatic hydroxyl groups excluding tert-OH is 2. The van der Waals surface area contributed by atoms with E-state index in [2.05, 4.69) is 60.2 Å². The molecule has 0 spiro atoms. The Labute approximate surface area is 213 Å². The van der Waals surface area contributed by atoms with Gasteiger partial charge in [0.05, 0.1) is 6.10 Å². The second kappa shape index (κ2) is 8.11. The van der Waals surface area contributed by atoms with Crippen LogP contribution < -0.4 is 4.68 Å². The minimum absolute atomic E-state index is 0.0933. The third-order valence-electron chi connectivity index (χ3n) is 10.7. The predicted octanol–water partition coefficient (Wildman–Crippen LogP) is 3.10. The first-order valence-electron chi connectivity index (χ1n) is 13.5. The largest absolute Gasteiger partial charge is 0.393 e. The van der Waals surface area contributed by atoms with Crippen molar-refractivity contribution in [2.24, 2.45) is 28.6 Å². The SMILES string of the molecule is Cc1ccc(C[n+]2cc3c([nH]2)C=C2CC[C@@H]4[C@H]([C@@H](O)C[C@@]5(C)[C@H]4CC[C@]5(O)C(=O)CO)[C@@]2(C)C3)cc1. The molecule has 1 aromatic heterocycles. The Morgan fingerprint density at radius 2 is 1.94 bits per heavy atom. The van der Waals surface area contributed by atoms with Gasteiger partial charge in [-0.1, -0.05) is 49.2 Å². The first kappa shape index (κ1) is 24.1. The molecule has 36 heavy (non-hydrogen) atoms. The van der Waals surface area contributed by atoms with E-state index >= 15 is 0 Å². The molecule has 6 nitrogen and oxygen atoms in total. The van der Waals surface area contributed by atoms with E-state index in [1.165, 1.54) is 28.0 Å². The van der Waals surface area contributed by atoms with Gasteiger partial charge in [0.1, 0.15) is 17.9 Å². The number of hydrogen-bond acceptors (Lipinski definition) is 4. The number of Topliss-reactive ketones (excluding diaryl/α,β-unsaturated/α-hetero) is 1. The maximum absolute atomic E-state index is 12.6. The van der Waals surface area contributed by atoms with Gasteiger partial charge in [0.15, 0.2) is 18.5 Å². The summed E-state index contributed by atoms with van der Waals surface area (Å²) in [6.07, 6.45) is 8.32. The van der Waals surface area contributed by atoms with Crippen LogP contribution in [0.1, 0.15) is 68.3 Å². The number of rotatable bonds is 4. The zero-order valence-electron chi connectivity index (χ0n) is 21.6. The monoisotopic (exact) mass is 491 g/mol. The lowest BCUT2D eigenvalue weighted by molar-refractivity contribution is -0.742. The molecule has 4 aliphatic rings. The highest BCUT2D eigenvalue weighted by atomic mass is 16.3. The van der Waals surface area contributed by atoms with E-state index in [1.54, 1.807) is 0 Å². The lowest BCUT2D eigenvalue weighted by Gasteiger charge is -2.60. The highest BCUT2D eigenvalue weighted by Gasteiger charge is 2.68. The fourth-order valence-corrected chi connectivity index (χ4v) is 8.86. The molecule has 4 aliphatic carbocycles. The van der Waals surface area contributed by atoms with Gasteiger partial charge in [-0.2, -0.15) is 5.10 Å². The van der Waals surface area contributed by atoms with Crippen LogP contribution in [0.15, 0.2) is 36.0 Å². The van der Waals surface area contributed by atoms with E-state index in [1.807, 2.05) is 6.92 Å². The smallest absolute Gasteiger partial charge is 0.199 e. The Bertz CT molecular complexity index is 1230. The second-order valence-electron chi connectivity index (χ2n) is 12.6. The van der Waals surface area contributed by atoms with Crippen molar-refractivity contribution in [2.75, 3.05) is 6.61 Å². The fourth-order valence-electron chi connectivity index (χ4n) is 8.86. The average molecular weight is 492 g/mol. The molecule has 6 rings (SSSR count). The van der Waals surface area contributed by atoms with Crippen molar-refractivity contribution in [1.29, 1.82) is 0 Å². The van der Waals surface area contributed by atoms with Crippen molar-refractivity contribution in [1.82, 2.24) is 5.10 Å². The molecule has 0 unspecified atom stereocenters. The summed E-state index contributed by atoms with van der Waals surface area (Å²) in [6.45, 7) is 6.55. The summed E-state index contributed by atoms with van der Waals surface area (Å²) in [5, 5.41) is 36.3. The summed E-state index contributed by atoms with van der Waals surface area (Å²) in [5.74, 6) is 0.0229. The molecule has 0 aliphatic heterocycles. The van der Waals surface area contributed by atoms with Gasteiger partial charge in [-0.25, -0.2) is 0 Å². The summed E-state index contributed by atoms with van der Waals surface area (Å²) in [7, 11) is 0. The fraction of sp³-hybridized carbons (Fsp3) is 0.600. The average Bonchev–Trinajstić information content (AvgIpc) is 3.34. The van der Waals surface area contributed by atoms with Crippen molar-refractivity contribution >= 4 is 11.9 Å². The normalized spacial score (nSPS) is 39.0. The van der Waals surface area contributed by atoms with Crippen LogP contribution in [0, 0.1) is 35.5 Å². The van der Waals surface area contributed by atoms with Gasteiger partial charge < -0.3 is 15.3 Å². The Morgan fingerprint density at radius 3 is 2.67 bits per heavy atom. The van der Waals surface area contributed by atoms with Crippen molar-refractivity contribution in [3.63, 3.8) is 0 Å². The Morgan fingerprint density at radius 1 is 1.19 bits per heavy atom. The third-order valence-corrected chi connectivity index (χ3v) is 10.7. The Hall–Kier alpha value is -2.28. The number of carbonyl (C=O) groups is 1. The second-order valence-corrected chi connectivity index (χ2v) is 12.6. The van der Waals surface area contributed by atoms with Crippen LogP contribution in [0.5, 0.6) is 0 Å². The zero-order chi connectivity index (χ0) is 25.5. The number of aromatic nitrogens is 2. The summed E-state index contributed by atoms with van der Waals surface area (Å²) in [6, 6.07) is 8.64. The van der Waals surface area contributed by atoms with Crippen molar-refractivity contribution in [3.05, 3.63) is 58.4 Å². The third kappa shape index (κ3) is 3.27. The molecule has 1 aromatic carbocycles. The highest BCUT2D eigenvalue weighted by molar-refractivity contribution is 5.89. The van der Waals surface area contributed by atoms with E-state index in [0.717, 1.165) is 32.2 Å². The quantitative estimate of drug-likeness (QED) is 0.494. The number of aryl methyl sites for hydroxylation is 1. The van der Waals surface area contributed by atoms with E-state index in [9.17, 15) is 20.1 Å². The highest BCUT2D eigenvalue weighted by Crippen LogP contribution is 2.67. The van der Waals surface area contributed by atoms with Gasteiger partial charge >= 0.3 is 0 Å². The van der Waals surface area contributed by atoms with Crippen LogP contribution >= 0.6 is 0 Å². The van der Waals surface area contributed by atoms with E-state index < -0.39 is 29.5 Å². The number of nitrogens with zero attached hydrogens (tertiary/aromatic N) is 1. The minimum atomic E-state index is -1.54. The first-order valence-corrected chi connectivity index (χ1v) is 13.5. The van der Waals surface area contributed by atoms with Crippen LogP contribution in [0.2, 0.25) is 0 Å². The van der Waals surface area contributed by atoms with Gasteiger partial charge in [0.2, 0.25) is 0 Å². The van der Waals surface area contributed by atoms with Crippen molar-refractivity contribution in [2.45, 2.75) is 77.5 Å². The molecule has 0 amide bonds. The molecule has 7 atom stereocenters. The summed E-state index contributed by atoms with van der Waals surface area (Å²) in [4.78, 5) is 12.6. The van der Waals surface area contributed by atoms with Gasteiger partial charge in [0, 0.05) is 16.5 Å². The number of benzene rings is 1. The van der Waals surface area contributed by atoms with Gasteiger partial charge in [-0.3, -0.25) is 4.79 Å². The molecule has 1 heterocycles. The number of ketones is 1. The predicted molar refractivity (Wildman–Crippen MR) is 136 cm³/mol. The number of carbonyl (C=O) groups excluding carboxylic acids is 1. The maximum atomic E-state index is 12.6. The number of allylic oxidation sites excluding steroid dienone is 1. The maximum Gasteiger partial charge on any atom is 0.199 e. The topological polar surface area (TPSA) is 97.4 Å². The molecule has 0 bridgehead atoms. The van der Waals surface area contributed by atoms with Crippen LogP contribution in [0.25, 0.3) is 6.08 Å². The lowest BCUT2D eigenvalue weighted by atomic mass is 9.45. The van der Waals surface area contributed by atoms with Crippen LogP contribution in [0.3, 0.4) is 0 Å². The zero-order valence-corrected chi connectivity index (χ0v) is 21.6. The molecule has 2 aromatic rings. The molecule has 3 saturated carbocycles. The number of aliphatic hydroxyl groups is 3. The van der Waals surface area contributed by atoms with E-state index in [0.29, 0.717) is 12.8 Å². The number of fused-ring (bicyclic) bond motifs is 6. The summed E-state index contributed by atoms with van der Waals surface area (Å²) in [5.41, 5.74) is 3.99. The molecular weight excluding hydrogens is 452 g/mol. The molecule has 0 radical (unpaired) electrons. The van der Waals surface area contributed by atoms with E-state index in [-0.39, 0.29) is 23.2 Å².